The summed E-state index contributed by atoms with van der Waals surface area (Å²) in [5.74, 6) is 0.736. The number of hydrogen-bond donors (Lipinski definition) is 2. The molecule has 0 unspecified atom stereocenters. The van der Waals surface area contributed by atoms with Crippen LogP contribution < -0.4 is 16.0 Å². The first kappa shape index (κ1) is 19.7. The maximum absolute atomic E-state index is 11.1. The van der Waals surface area contributed by atoms with Gasteiger partial charge in [-0.3, -0.25) is 15.0 Å². The van der Waals surface area contributed by atoms with E-state index in [9.17, 15) is 10.1 Å². The van der Waals surface area contributed by atoms with Crippen LogP contribution in [0.4, 0.5) is 11.6 Å². The van der Waals surface area contributed by atoms with Gasteiger partial charge in [0.25, 0.3) is 11.6 Å². The molecule has 0 atom stereocenters. The van der Waals surface area contributed by atoms with Gasteiger partial charge in [-0.2, -0.15) is 4.99 Å². The molecule has 0 aliphatic rings. The number of rotatable bonds is 6. The molecular weight excluding hydrogens is 376 g/mol. The molecule has 148 valence electrons. The maximum Gasteiger partial charge on any atom is 0.270 e. The van der Waals surface area contributed by atoms with Crippen molar-refractivity contribution in [1.29, 1.82) is 0 Å². The van der Waals surface area contributed by atoms with Gasteiger partial charge >= 0.3 is 0 Å². The number of non-ortho nitro benzene ring substituents is 1. The number of hydroxylamine groups is 1. The number of benzene rings is 2. The molecule has 3 N–H and O–H groups in total. The van der Waals surface area contributed by atoms with E-state index in [1.54, 1.807) is 37.4 Å². The molecule has 0 amide bonds. The fraction of sp³-hybridized carbons (Fsp3) is 0.105. The summed E-state index contributed by atoms with van der Waals surface area (Å²) >= 11 is 0. The minimum atomic E-state index is -0.464. The van der Waals surface area contributed by atoms with Crippen LogP contribution in [0.3, 0.4) is 0 Å². The number of aromatic nitrogens is 2. The molecule has 29 heavy (non-hydrogen) atoms. The van der Waals surface area contributed by atoms with Crippen LogP contribution in [0.5, 0.6) is 5.75 Å². The molecule has 1 heterocycles. The van der Waals surface area contributed by atoms with Gasteiger partial charge in [0.15, 0.2) is 0 Å². The first-order valence-corrected chi connectivity index (χ1v) is 8.41. The lowest BCUT2D eigenvalue weighted by Gasteiger charge is -2.08. The molecule has 0 saturated carbocycles. The number of guanidine groups is 1. The van der Waals surface area contributed by atoms with Gasteiger partial charge in [-0.15, -0.1) is 0 Å². The second-order valence-corrected chi connectivity index (χ2v) is 5.78. The zero-order valence-electron chi connectivity index (χ0n) is 15.7. The fourth-order valence-corrected chi connectivity index (χ4v) is 2.56. The van der Waals surface area contributed by atoms with Crippen LogP contribution in [0.25, 0.3) is 22.5 Å². The van der Waals surface area contributed by atoms with E-state index in [2.05, 4.69) is 20.4 Å². The van der Waals surface area contributed by atoms with Crippen molar-refractivity contribution < 1.29 is 14.5 Å². The van der Waals surface area contributed by atoms with Crippen molar-refractivity contribution >= 4 is 17.6 Å². The Balaban J connectivity index is 2.13. The number of nitro benzene ring substituents is 1. The van der Waals surface area contributed by atoms with Gasteiger partial charge in [-0.1, -0.05) is 12.1 Å². The summed E-state index contributed by atoms with van der Waals surface area (Å²) < 4.78 is 5.18. The largest absolute Gasteiger partial charge is 0.497 e. The molecule has 0 radical (unpaired) electrons. The van der Waals surface area contributed by atoms with Crippen LogP contribution in [-0.2, 0) is 4.84 Å². The van der Waals surface area contributed by atoms with Gasteiger partial charge in [0, 0.05) is 23.3 Å². The number of ether oxygens (including phenoxy) is 1. The van der Waals surface area contributed by atoms with Crippen molar-refractivity contribution in [2.24, 2.45) is 10.7 Å². The van der Waals surface area contributed by atoms with Crippen molar-refractivity contribution in [3.05, 3.63) is 64.7 Å². The Morgan fingerprint density at radius 2 is 1.76 bits per heavy atom. The van der Waals surface area contributed by atoms with Crippen molar-refractivity contribution in [3.8, 4) is 28.3 Å². The van der Waals surface area contributed by atoms with E-state index in [4.69, 9.17) is 15.3 Å². The third kappa shape index (κ3) is 4.82. The standard InChI is InChI=1S/C19H18N6O4/c1-28-15-8-6-12(7-9-15)16-11-17(13-4-3-5-14(10-13)25(26)27)22-19(21-16)23-18(20)24-29-2/h3-11H,1-2H3,(H3,20,21,22,23,24). The third-order valence-corrected chi connectivity index (χ3v) is 3.88. The second kappa shape index (κ2) is 8.76. The average molecular weight is 394 g/mol. The van der Waals surface area contributed by atoms with E-state index in [0.29, 0.717) is 22.7 Å². The van der Waals surface area contributed by atoms with Crippen LogP contribution in [0.1, 0.15) is 0 Å². The molecule has 0 fully saturated rings. The van der Waals surface area contributed by atoms with Crippen LogP contribution in [0.2, 0.25) is 0 Å². The van der Waals surface area contributed by atoms with Gasteiger partial charge in [0.05, 0.1) is 30.5 Å². The maximum atomic E-state index is 11.1. The normalized spacial score (nSPS) is 11.2. The molecule has 10 nitrogen and oxygen atoms in total. The number of methoxy groups -OCH3 is 1. The van der Waals surface area contributed by atoms with Gasteiger partial charge < -0.3 is 10.5 Å². The lowest BCUT2D eigenvalue weighted by molar-refractivity contribution is -0.384. The molecule has 0 spiro atoms. The van der Waals surface area contributed by atoms with E-state index >= 15 is 0 Å². The zero-order chi connectivity index (χ0) is 20.8. The Hall–Kier alpha value is -4.05. The highest BCUT2D eigenvalue weighted by Gasteiger charge is 2.12. The van der Waals surface area contributed by atoms with Crippen molar-refractivity contribution in [2.45, 2.75) is 0 Å². The van der Waals surface area contributed by atoms with E-state index in [1.165, 1.54) is 19.2 Å². The monoisotopic (exact) mass is 394 g/mol. The number of hydrogen-bond acceptors (Lipinski definition) is 7. The highest BCUT2D eigenvalue weighted by atomic mass is 16.6. The second-order valence-electron chi connectivity index (χ2n) is 5.78. The van der Waals surface area contributed by atoms with Crippen LogP contribution in [0, 0.1) is 10.1 Å². The average Bonchev–Trinajstić information content (AvgIpc) is 2.74. The number of aliphatic imine (C=N–C) groups is 1. The summed E-state index contributed by atoms with van der Waals surface area (Å²) in [5, 5.41) is 11.1. The Kier molecular flexibility index (Phi) is 5.95. The molecule has 0 aliphatic heterocycles. The molecule has 1 aromatic heterocycles. The lowest BCUT2D eigenvalue weighted by atomic mass is 10.1. The van der Waals surface area contributed by atoms with E-state index in [-0.39, 0.29) is 17.6 Å². The number of nitro groups is 1. The molecule has 0 bridgehead atoms. The Morgan fingerprint density at radius 1 is 1.07 bits per heavy atom. The van der Waals surface area contributed by atoms with Crippen molar-refractivity contribution in [2.75, 3.05) is 14.2 Å². The molecule has 0 aliphatic carbocycles. The van der Waals surface area contributed by atoms with Crippen molar-refractivity contribution in [1.82, 2.24) is 15.4 Å². The molecule has 2 aromatic carbocycles. The summed E-state index contributed by atoms with van der Waals surface area (Å²) in [4.78, 5) is 28.2. The topological polar surface area (TPSA) is 138 Å². The lowest BCUT2D eigenvalue weighted by Crippen LogP contribution is -2.30. The third-order valence-electron chi connectivity index (χ3n) is 3.88. The van der Waals surface area contributed by atoms with Crippen LogP contribution in [0.15, 0.2) is 59.6 Å². The van der Waals surface area contributed by atoms with Crippen LogP contribution >= 0.6 is 0 Å². The minimum Gasteiger partial charge on any atom is -0.497 e. The van der Waals surface area contributed by atoms with Gasteiger partial charge in [-0.25, -0.2) is 15.4 Å². The Morgan fingerprint density at radius 3 is 2.38 bits per heavy atom. The molecule has 3 aromatic rings. The van der Waals surface area contributed by atoms with Gasteiger partial charge in [0.2, 0.25) is 5.96 Å². The number of nitrogens with zero attached hydrogens (tertiary/aromatic N) is 4. The van der Waals surface area contributed by atoms with Gasteiger partial charge in [-0.05, 0) is 30.3 Å². The molecular formula is C19H18N6O4. The predicted octanol–water partition coefficient (Wildman–Crippen LogP) is 2.82. The highest BCUT2D eigenvalue weighted by molar-refractivity contribution is 5.79. The van der Waals surface area contributed by atoms with E-state index in [0.717, 1.165) is 5.56 Å². The van der Waals surface area contributed by atoms with Gasteiger partial charge in [0.1, 0.15) is 5.75 Å². The summed E-state index contributed by atoms with van der Waals surface area (Å²) in [7, 11) is 2.98. The first-order valence-electron chi connectivity index (χ1n) is 8.41. The summed E-state index contributed by atoms with van der Waals surface area (Å²) in [6, 6.07) is 15.1. The number of nitrogens with two attached hydrogens (primary N) is 1. The SMILES string of the molecule is CONC(N)=Nc1nc(-c2ccc(OC)cc2)cc(-c2cccc([N+](=O)[O-])c2)n1. The van der Waals surface area contributed by atoms with E-state index in [1.807, 2.05) is 12.1 Å². The summed E-state index contributed by atoms with van der Waals surface area (Å²) in [6.07, 6.45) is 0. The predicted molar refractivity (Wildman–Crippen MR) is 108 cm³/mol. The zero-order valence-corrected chi connectivity index (χ0v) is 15.7. The quantitative estimate of drug-likeness (QED) is 0.282. The smallest absolute Gasteiger partial charge is 0.270 e. The summed E-state index contributed by atoms with van der Waals surface area (Å²) in [6.45, 7) is 0. The van der Waals surface area contributed by atoms with E-state index < -0.39 is 4.92 Å². The first-order chi connectivity index (χ1) is 14.0. The Bertz CT molecular complexity index is 1050. The highest BCUT2D eigenvalue weighted by Crippen LogP contribution is 2.29. The molecule has 0 saturated heterocycles. The molecule has 10 heteroatoms. The molecule has 3 rings (SSSR count). The fourth-order valence-electron chi connectivity index (χ4n) is 2.56. The van der Waals surface area contributed by atoms with Crippen molar-refractivity contribution in [3.63, 3.8) is 0 Å². The summed E-state index contributed by atoms with van der Waals surface area (Å²) in [5.41, 5.74) is 10.4. The number of nitrogens with one attached hydrogen (secondary N) is 1. The van der Waals surface area contributed by atoms with Crippen LogP contribution in [-0.4, -0.2) is 35.1 Å². The minimum absolute atomic E-state index is 0.0376. The Labute approximate surface area is 166 Å².